The Kier molecular flexibility index (Phi) is 5.69. The molecule has 1 heterocycles. The third-order valence-corrected chi connectivity index (χ3v) is 4.34. The molecule has 0 bridgehead atoms. The van der Waals surface area contributed by atoms with Gasteiger partial charge in [0, 0.05) is 17.7 Å². The van der Waals surface area contributed by atoms with Gasteiger partial charge in [-0.1, -0.05) is 35.9 Å². The molecule has 5 nitrogen and oxygen atoms in total. The third-order valence-electron chi connectivity index (χ3n) is 4.34. The summed E-state index contributed by atoms with van der Waals surface area (Å²) in [5.74, 6) is 0.563. The minimum atomic E-state index is -4.74. The van der Waals surface area contributed by atoms with Crippen LogP contribution in [0.15, 0.2) is 52.9 Å². The number of hydrogen-bond acceptors (Lipinski definition) is 5. The molecule has 148 valence electrons. The van der Waals surface area contributed by atoms with Gasteiger partial charge in [0.25, 0.3) is 0 Å². The first kappa shape index (κ1) is 19.9. The molecule has 0 saturated carbocycles. The Bertz CT molecular complexity index is 940. The van der Waals surface area contributed by atoms with Crippen LogP contribution in [0.1, 0.15) is 30.0 Å². The van der Waals surface area contributed by atoms with E-state index in [1.54, 1.807) is 19.2 Å². The molecule has 1 unspecified atom stereocenters. The van der Waals surface area contributed by atoms with Gasteiger partial charge < -0.3 is 9.15 Å². The van der Waals surface area contributed by atoms with Gasteiger partial charge in [-0.25, -0.2) is 0 Å². The van der Waals surface area contributed by atoms with E-state index in [-0.39, 0.29) is 18.3 Å². The lowest BCUT2D eigenvalue weighted by Crippen LogP contribution is -2.24. The van der Waals surface area contributed by atoms with Crippen molar-refractivity contribution in [1.82, 2.24) is 15.1 Å². The van der Waals surface area contributed by atoms with Crippen molar-refractivity contribution in [3.05, 3.63) is 65.5 Å². The highest BCUT2D eigenvalue weighted by molar-refractivity contribution is 5.53. The second-order valence-corrected chi connectivity index (χ2v) is 6.56. The van der Waals surface area contributed by atoms with Crippen molar-refractivity contribution in [3.63, 3.8) is 0 Å². The molecule has 0 N–H and O–H groups in total. The van der Waals surface area contributed by atoms with E-state index in [1.165, 1.54) is 12.1 Å². The molecule has 3 rings (SSSR count). The Hall–Kier alpha value is -2.87. The van der Waals surface area contributed by atoms with E-state index in [1.807, 2.05) is 43.0 Å². The smallest absolute Gasteiger partial charge is 0.419 e. The van der Waals surface area contributed by atoms with Crippen molar-refractivity contribution in [1.29, 1.82) is 0 Å². The van der Waals surface area contributed by atoms with E-state index in [2.05, 4.69) is 14.9 Å². The minimum Gasteiger partial charge on any atom is -0.419 e. The number of hydrogen-bond donors (Lipinski definition) is 0. The molecule has 0 aliphatic carbocycles. The summed E-state index contributed by atoms with van der Waals surface area (Å²) in [6, 6.07) is 13.4. The van der Waals surface area contributed by atoms with Crippen molar-refractivity contribution in [2.75, 3.05) is 7.05 Å². The van der Waals surface area contributed by atoms with Gasteiger partial charge in [-0.3, -0.25) is 4.90 Å². The van der Waals surface area contributed by atoms with Gasteiger partial charge in [0.1, 0.15) is 5.75 Å². The molecule has 0 aliphatic heterocycles. The monoisotopic (exact) mass is 391 g/mol. The number of ether oxygens (including phenoxy) is 1. The molecular weight excluding hydrogens is 371 g/mol. The maximum atomic E-state index is 12.6. The molecule has 2 aromatic carbocycles. The molecule has 0 fully saturated rings. The molecule has 3 aromatic rings. The number of rotatable bonds is 6. The van der Waals surface area contributed by atoms with E-state index >= 15 is 0 Å². The van der Waals surface area contributed by atoms with E-state index in [0.717, 1.165) is 11.1 Å². The van der Waals surface area contributed by atoms with Crippen LogP contribution in [-0.2, 0) is 6.54 Å². The number of aromatic nitrogens is 2. The zero-order valence-electron chi connectivity index (χ0n) is 15.7. The van der Waals surface area contributed by atoms with Crippen LogP contribution < -0.4 is 4.74 Å². The summed E-state index contributed by atoms with van der Waals surface area (Å²) < 4.78 is 47.7. The fourth-order valence-electron chi connectivity index (χ4n) is 2.75. The summed E-state index contributed by atoms with van der Waals surface area (Å²) in [5.41, 5.74) is 2.30. The molecule has 0 radical (unpaired) electrons. The van der Waals surface area contributed by atoms with E-state index < -0.39 is 6.36 Å². The Balaban J connectivity index is 1.75. The topological polar surface area (TPSA) is 51.4 Å². The van der Waals surface area contributed by atoms with Crippen LogP contribution in [0.3, 0.4) is 0 Å². The molecule has 1 atom stereocenters. The molecule has 0 spiro atoms. The average molecular weight is 391 g/mol. The lowest BCUT2D eigenvalue weighted by molar-refractivity contribution is -0.275. The van der Waals surface area contributed by atoms with E-state index in [9.17, 15) is 13.2 Å². The van der Waals surface area contributed by atoms with Gasteiger partial charge in [0.15, 0.2) is 0 Å². The molecule has 28 heavy (non-hydrogen) atoms. The Labute approximate surface area is 160 Å². The van der Waals surface area contributed by atoms with Crippen LogP contribution in [0.5, 0.6) is 5.75 Å². The first-order valence-electron chi connectivity index (χ1n) is 8.67. The average Bonchev–Trinajstić information content (AvgIpc) is 3.11. The summed E-state index contributed by atoms with van der Waals surface area (Å²) in [7, 11) is 1.77. The summed E-state index contributed by atoms with van der Waals surface area (Å²) in [6.45, 7) is 4.04. The van der Waals surface area contributed by atoms with E-state index in [4.69, 9.17) is 4.42 Å². The minimum absolute atomic E-state index is 0.218. The Morgan fingerprint density at radius 1 is 1.11 bits per heavy atom. The van der Waals surface area contributed by atoms with Crippen LogP contribution in [0.25, 0.3) is 11.5 Å². The molecule has 0 saturated heterocycles. The zero-order chi connectivity index (χ0) is 20.3. The fourth-order valence-corrected chi connectivity index (χ4v) is 2.75. The number of nitrogens with zero attached hydrogens (tertiary/aromatic N) is 3. The van der Waals surface area contributed by atoms with Crippen LogP contribution in [0.4, 0.5) is 13.2 Å². The quantitative estimate of drug-likeness (QED) is 0.583. The lowest BCUT2D eigenvalue weighted by Gasteiger charge is -2.23. The van der Waals surface area contributed by atoms with Crippen LogP contribution in [0.2, 0.25) is 0 Å². The third kappa shape index (κ3) is 4.89. The summed E-state index contributed by atoms with van der Waals surface area (Å²) in [5, 5.41) is 8.18. The van der Waals surface area contributed by atoms with Crippen molar-refractivity contribution in [2.24, 2.45) is 0 Å². The van der Waals surface area contributed by atoms with Crippen LogP contribution in [0, 0.1) is 6.92 Å². The summed E-state index contributed by atoms with van der Waals surface area (Å²) in [6.07, 6.45) is -4.74. The highest BCUT2D eigenvalue weighted by Crippen LogP contribution is 2.29. The second kappa shape index (κ2) is 8.02. The van der Waals surface area contributed by atoms with Gasteiger partial charge in [0.05, 0.1) is 6.04 Å². The highest BCUT2D eigenvalue weighted by Gasteiger charge is 2.32. The van der Waals surface area contributed by atoms with Crippen molar-refractivity contribution in [2.45, 2.75) is 32.8 Å². The van der Waals surface area contributed by atoms with Crippen molar-refractivity contribution in [3.8, 4) is 17.2 Å². The number of benzene rings is 2. The van der Waals surface area contributed by atoms with Gasteiger partial charge in [-0.05, 0) is 39.1 Å². The van der Waals surface area contributed by atoms with Gasteiger partial charge in [-0.2, -0.15) is 0 Å². The van der Waals surface area contributed by atoms with Gasteiger partial charge >= 0.3 is 6.36 Å². The predicted octanol–water partition coefficient (Wildman–Crippen LogP) is 5.14. The number of halogens is 3. The number of aryl methyl sites for hydroxylation is 1. The number of alkyl halides is 3. The fraction of sp³-hybridized carbons (Fsp3) is 0.300. The molecular formula is C20H20F3N3O2. The second-order valence-electron chi connectivity index (χ2n) is 6.56. The largest absolute Gasteiger partial charge is 0.573 e. The summed E-state index contributed by atoms with van der Waals surface area (Å²) >= 11 is 0. The first-order valence-corrected chi connectivity index (χ1v) is 8.67. The van der Waals surface area contributed by atoms with Crippen LogP contribution >= 0.6 is 0 Å². The Morgan fingerprint density at radius 3 is 2.57 bits per heavy atom. The first-order chi connectivity index (χ1) is 13.2. The molecule has 1 aromatic heterocycles. The number of para-hydroxylation sites is 1. The Morgan fingerprint density at radius 2 is 1.86 bits per heavy atom. The maximum Gasteiger partial charge on any atom is 0.573 e. The van der Waals surface area contributed by atoms with Crippen LogP contribution in [-0.4, -0.2) is 28.5 Å². The summed E-state index contributed by atoms with van der Waals surface area (Å²) in [4.78, 5) is 1.81. The highest BCUT2D eigenvalue weighted by atomic mass is 19.4. The predicted molar refractivity (Wildman–Crippen MR) is 97.5 cm³/mol. The van der Waals surface area contributed by atoms with Crippen molar-refractivity contribution < 1.29 is 22.3 Å². The lowest BCUT2D eigenvalue weighted by atomic mass is 10.1. The molecule has 0 aliphatic rings. The van der Waals surface area contributed by atoms with Gasteiger partial charge in [-0.15, -0.1) is 23.4 Å². The molecule has 0 amide bonds. The zero-order valence-corrected chi connectivity index (χ0v) is 15.7. The standard InChI is InChI=1S/C20H20F3N3O2/c1-13-7-6-9-15(11-13)19-25-24-18(27-19)14(2)26(3)12-16-8-4-5-10-17(16)28-20(21,22)23/h4-11,14H,12H2,1-3H3. The van der Waals surface area contributed by atoms with Crippen molar-refractivity contribution >= 4 is 0 Å². The van der Waals surface area contributed by atoms with E-state index in [0.29, 0.717) is 17.3 Å². The van der Waals surface area contributed by atoms with Gasteiger partial charge in [0.2, 0.25) is 11.8 Å². The SMILES string of the molecule is Cc1cccc(-c2nnc(C(C)N(C)Cc3ccccc3OC(F)(F)F)o2)c1. The normalized spacial score (nSPS) is 13.0. The maximum absolute atomic E-state index is 12.6. The molecule has 8 heteroatoms.